The van der Waals surface area contributed by atoms with Crippen LogP contribution in [0.1, 0.15) is 27.2 Å². The third-order valence-electron chi connectivity index (χ3n) is 1.43. The van der Waals surface area contributed by atoms with Crippen molar-refractivity contribution in [2.45, 2.75) is 27.2 Å². The van der Waals surface area contributed by atoms with Crippen LogP contribution in [0.4, 0.5) is 0 Å². The molecule has 2 heteroatoms. The zero-order valence-corrected chi connectivity index (χ0v) is 8.14. The molecule has 0 spiro atoms. The Bertz CT molecular complexity index is 118. The Morgan fingerprint density at radius 3 is 2.40 bits per heavy atom. The largest absolute Gasteiger partial charge is 0.391 e. The summed E-state index contributed by atoms with van der Waals surface area (Å²) >= 11 is 1.93. The SMILES string of the molecule is CCCSC(C)=C(C)NC. The topological polar surface area (TPSA) is 12.0 Å². The van der Waals surface area contributed by atoms with Crippen LogP contribution in [0.15, 0.2) is 10.6 Å². The molecule has 10 heavy (non-hydrogen) atoms. The first-order valence-electron chi connectivity index (χ1n) is 3.70. The number of nitrogens with one attached hydrogen (secondary N) is 1. The van der Waals surface area contributed by atoms with Crippen LogP contribution in [0, 0.1) is 0 Å². The molecule has 0 unspecified atom stereocenters. The van der Waals surface area contributed by atoms with E-state index < -0.39 is 0 Å². The lowest BCUT2D eigenvalue weighted by atomic mass is 10.5. The van der Waals surface area contributed by atoms with E-state index in [1.165, 1.54) is 22.8 Å². The third kappa shape index (κ3) is 3.83. The summed E-state index contributed by atoms with van der Waals surface area (Å²) in [6.07, 6.45) is 1.25. The van der Waals surface area contributed by atoms with Crippen molar-refractivity contribution in [3.05, 3.63) is 10.6 Å². The van der Waals surface area contributed by atoms with Gasteiger partial charge in [0.1, 0.15) is 0 Å². The zero-order chi connectivity index (χ0) is 7.98. The van der Waals surface area contributed by atoms with Gasteiger partial charge in [-0.3, -0.25) is 0 Å². The van der Waals surface area contributed by atoms with Gasteiger partial charge in [-0.1, -0.05) is 6.92 Å². The lowest BCUT2D eigenvalue weighted by molar-refractivity contribution is 0.978. The predicted molar refractivity (Wildman–Crippen MR) is 50.2 cm³/mol. The van der Waals surface area contributed by atoms with E-state index in [1.807, 2.05) is 18.8 Å². The highest BCUT2D eigenvalue weighted by molar-refractivity contribution is 8.03. The van der Waals surface area contributed by atoms with E-state index in [2.05, 4.69) is 26.1 Å². The van der Waals surface area contributed by atoms with E-state index in [9.17, 15) is 0 Å². The number of thioether (sulfide) groups is 1. The molecule has 0 aromatic rings. The zero-order valence-electron chi connectivity index (χ0n) is 7.32. The van der Waals surface area contributed by atoms with Gasteiger partial charge in [-0.05, 0) is 26.0 Å². The van der Waals surface area contributed by atoms with E-state index in [-0.39, 0.29) is 0 Å². The summed E-state index contributed by atoms with van der Waals surface area (Å²) in [5, 5.41) is 3.13. The fourth-order valence-corrected chi connectivity index (χ4v) is 1.37. The molecule has 0 aromatic carbocycles. The van der Waals surface area contributed by atoms with Crippen LogP contribution in [0.5, 0.6) is 0 Å². The smallest absolute Gasteiger partial charge is 0.0166 e. The summed E-state index contributed by atoms with van der Waals surface area (Å²) in [6.45, 7) is 6.47. The Labute approximate surface area is 68.3 Å². The lowest BCUT2D eigenvalue weighted by Crippen LogP contribution is -2.03. The molecular formula is C8H17NS. The molecule has 0 fully saturated rings. The Morgan fingerprint density at radius 1 is 1.40 bits per heavy atom. The summed E-state index contributed by atoms with van der Waals surface area (Å²) in [5.41, 5.74) is 1.29. The first-order valence-corrected chi connectivity index (χ1v) is 4.69. The maximum Gasteiger partial charge on any atom is 0.0166 e. The first-order chi connectivity index (χ1) is 4.72. The van der Waals surface area contributed by atoms with E-state index in [0.717, 1.165) is 0 Å². The first kappa shape index (κ1) is 9.89. The Morgan fingerprint density at radius 2 is 2.00 bits per heavy atom. The summed E-state index contributed by atoms with van der Waals surface area (Å²) < 4.78 is 0. The van der Waals surface area contributed by atoms with Gasteiger partial charge in [0.05, 0.1) is 0 Å². The van der Waals surface area contributed by atoms with Crippen molar-refractivity contribution in [1.82, 2.24) is 5.32 Å². The van der Waals surface area contributed by atoms with E-state index in [4.69, 9.17) is 0 Å². The molecular weight excluding hydrogens is 142 g/mol. The van der Waals surface area contributed by atoms with Gasteiger partial charge in [0.25, 0.3) is 0 Å². The second-order valence-electron chi connectivity index (χ2n) is 2.28. The van der Waals surface area contributed by atoms with Crippen molar-refractivity contribution >= 4 is 11.8 Å². The van der Waals surface area contributed by atoms with Gasteiger partial charge in [-0.15, -0.1) is 11.8 Å². The quantitative estimate of drug-likeness (QED) is 0.676. The van der Waals surface area contributed by atoms with Crippen LogP contribution in [-0.2, 0) is 0 Å². The molecule has 0 radical (unpaired) electrons. The fraction of sp³-hybridized carbons (Fsp3) is 0.750. The standard InChI is InChI=1S/C8H17NS/c1-5-6-10-8(3)7(2)9-4/h9H,5-6H2,1-4H3. The molecule has 0 atom stereocenters. The molecule has 0 aliphatic carbocycles. The van der Waals surface area contributed by atoms with Crippen molar-refractivity contribution in [2.75, 3.05) is 12.8 Å². The molecule has 0 bridgehead atoms. The van der Waals surface area contributed by atoms with Crippen molar-refractivity contribution in [3.8, 4) is 0 Å². The molecule has 0 saturated carbocycles. The minimum atomic E-state index is 1.23. The number of hydrogen-bond acceptors (Lipinski definition) is 2. The van der Waals surface area contributed by atoms with Crippen molar-refractivity contribution in [3.63, 3.8) is 0 Å². The highest BCUT2D eigenvalue weighted by Crippen LogP contribution is 2.17. The molecule has 0 amide bonds. The lowest BCUT2D eigenvalue weighted by Gasteiger charge is -2.04. The Balaban J connectivity index is 3.68. The van der Waals surface area contributed by atoms with E-state index in [0.29, 0.717) is 0 Å². The van der Waals surface area contributed by atoms with E-state index in [1.54, 1.807) is 0 Å². The van der Waals surface area contributed by atoms with Gasteiger partial charge in [0, 0.05) is 17.6 Å². The van der Waals surface area contributed by atoms with Gasteiger partial charge in [-0.2, -0.15) is 0 Å². The Hall–Kier alpha value is -0.110. The Kier molecular flexibility index (Phi) is 5.60. The van der Waals surface area contributed by atoms with Crippen LogP contribution in [-0.4, -0.2) is 12.8 Å². The van der Waals surface area contributed by atoms with Gasteiger partial charge in [0.15, 0.2) is 0 Å². The summed E-state index contributed by atoms with van der Waals surface area (Å²) in [6, 6.07) is 0. The van der Waals surface area contributed by atoms with Crippen LogP contribution in [0.2, 0.25) is 0 Å². The molecule has 0 aliphatic rings. The number of hydrogen-bond donors (Lipinski definition) is 1. The second kappa shape index (κ2) is 5.66. The summed E-state index contributed by atoms with van der Waals surface area (Å²) in [4.78, 5) is 1.41. The van der Waals surface area contributed by atoms with Gasteiger partial charge in [0.2, 0.25) is 0 Å². The number of rotatable bonds is 4. The van der Waals surface area contributed by atoms with Gasteiger partial charge >= 0.3 is 0 Å². The average molecular weight is 159 g/mol. The monoisotopic (exact) mass is 159 g/mol. The number of allylic oxidation sites excluding steroid dienone is 2. The molecule has 0 rings (SSSR count). The van der Waals surface area contributed by atoms with Crippen LogP contribution >= 0.6 is 11.8 Å². The fourth-order valence-electron chi connectivity index (χ4n) is 0.539. The van der Waals surface area contributed by atoms with Gasteiger partial charge in [-0.25, -0.2) is 0 Å². The molecule has 1 nitrogen and oxygen atoms in total. The normalized spacial score (nSPS) is 12.8. The molecule has 0 heterocycles. The van der Waals surface area contributed by atoms with Crippen LogP contribution in [0.3, 0.4) is 0 Å². The van der Waals surface area contributed by atoms with E-state index >= 15 is 0 Å². The predicted octanol–water partition coefficient (Wildman–Crippen LogP) is 2.60. The van der Waals surface area contributed by atoms with Crippen LogP contribution < -0.4 is 5.32 Å². The molecule has 60 valence electrons. The van der Waals surface area contributed by atoms with Crippen LogP contribution in [0.25, 0.3) is 0 Å². The van der Waals surface area contributed by atoms with Crippen molar-refractivity contribution in [1.29, 1.82) is 0 Å². The minimum Gasteiger partial charge on any atom is -0.391 e. The molecule has 0 aromatic heterocycles. The minimum absolute atomic E-state index is 1.23. The maximum atomic E-state index is 3.13. The maximum absolute atomic E-state index is 3.13. The molecule has 0 aliphatic heterocycles. The molecule has 0 saturated heterocycles. The highest BCUT2D eigenvalue weighted by Gasteiger charge is 1.93. The van der Waals surface area contributed by atoms with Crippen molar-refractivity contribution in [2.24, 2.45) is 0 Å². The third-order valence-corrected chi connectivity index (χ3v) is 2.78. The van der Waals surface area contributed by atoms with Gasteiger partial charge < -0.3 is 5.32 Å². The summed E-state index contributed by atoms with van der Waals surface area (Å²) in [5.74, 6) is 1.23. The average Bonchev–Trinajstić information content (AvgIpc) is 1.98. The second-order valence-corrected chi connectivity index (χ2v) is 3.59. The molecule has 1 N–H and O–H groups in total. The summed E-state index contributed by atoms with van der Waals surface area (Å²) in [7, 11) is 1.96. The highest BCUT2D eigenvalue weighted by atomic mass is 32.2. The van der Waals surface area contributed by atoms with Crippen molar-refractivity contribution < 1.29 is 0 Å².